The molecule has 3 nitrogen and oxygen atoms in total. The molecule has 0 saturated heterocycles. The minimum Gasteiger partial charge on any atom is -0.343 e. The van der Waals surface area contributed by atoms with E-state index >= 15 is 0 Å². The van der Waals surface area contributed by atoms with Crippen molar-refractivity contribution in [1.82, 2.24) is 9.55 Å². The Morgan fingerprint density at radius 1 is 1.33 bits per heavy atom. The first-order valence-corrected chi connectivity index (χ1v) is 8.27. The summed E-state index contributed by atoms with van der Waals surface area (Å²) in [5.41, 5.74) is 3.27. The van der Waals surface area contributed by atoms with Gasteiger partial charge in [0.2, 0.25) is 0 Å². The van der Waals surface area contributed by atoms with Gasteiger partial charge in [0.15, 0.2) is 5.78 Å². The third-order valence-corrected chi connectivity index (χ3v) is 5.59. The number of aromatic nitrogens is 2. The van der Waals surface area contributed by atoms with Crippen LogP contribution < -0.4 is 0 Å². The molecule has 0 saturated carbocycles. The number of Topliss-reactive ketones (excluding diaryl/α,β-unsaturated/α-hetero) is 1. The summed E-state index contributed by atoms with van der Waals surface area (Å²) in [6.07, 6.45) is 3.68. The lowest BCUT2D eigenvalue weighted by atomic mass is 9.76. The van der Waals surface area contributed by atoms with Gasteiger partial charge < -0.3 is 4.57 Å². The van der Waals surface area contributed by atoms with Crippen LogP contribution in [0.5, 0.6) is 0 Å². The molecule has 0 bridgehead atoms. The first-order valence-electron chi connectivity index (χ1n) is 7.45. The van der Waals surface area contributed by atoms with Gasteiger partial charge in [-0.2, -0.15) is 0 Å². The molecule has 4 heteroatoms. The van der Waals surface area contributed by atoms with Crippen LogP contribution in [-0.4, -0.2) is 15.3 Å². The van der Waals surface area contributed by atoms with Crippen molar-refractivity contribution in [3.63, 3.8) is 0 Å². The van der Waals surface area contributed by atoms with Gasteiger partial charge in [-0.1, -0.05) is 13.8 Å². The highest BCUT2D eigenvalue weighted by Gasteiger charge is 2.34. The van der Waals surface area contributed by atoms with Gasteiger partial charge in [0.05, 0.1) is 21.6 Å². The fraction of sp³-hybridized carbons (Fsp3) is 0.529. The lowest BCUT2D eigenvalue weighted by Crippen LogP contribution is -2.28. The zero-order valence-electron chi connectivity index (χ0n) is 13.4. The molecule has 0 N–H and O–H groups in total. The predicted molar refractivity (Wildman–Crippen MR) is 86.3 cm³/mol. The lowest BCUT2D eigenvalue weighted by molar-refractivity contribution is 0.0910. The van der Waals surface area contributed by atoms with Crippen molar-refractivity contribution < 1.29 is 4.79 Å². The quantitative estimate of drug-likeness (QED) is 0.827. The Balaban J connectivity index is 2.05. The summed E-state index contributed by atoms with van der Waals surface area (Å²) in [5.74, 6) is 0.282. The van der Waals surface area contributed by atoms with Crippen molar-refractivity contribution in [3.05, 3.63) is 39.1 Å². The van der Waals surface area contributed by atoms with Crippen molar-refractivity contribution in [2.75, 3.05) is 0 Å². The zero-order valence-corrected chi connectivity index (χ0v) is 14.2. The summed E-state index contributed by atoms with van der Waals surface area (Å²) in [4.78, 5) is 18.2. The first-order chi connectivity index (χ1) is 9.78. The van der Waals surface area contributed by atoms with Crippen molar-refractivity contribution in [2.45, 2.75) is 53.5 Å². The number of thiazole rings is 1. The molecule has 2 aromatic heterocycles. The molecular formula is C17H22N2OS. The van der Waals surface area contributed by atoms with E-state index < -0.39 is 0 Å². The smallest absolute Gasteiger partial charge is 0.165 e. The summed E-state index contributed by atoms with van der Waals surface area (Å²) >= 11 is 1.76. The summed E-state index contributed by atoms with van der Waals surface area (Å²) in [6, 6.07) is 2.23. The lowest BCUT2D eigenvalue weighted by Gasteiger charge is -2.31. The Morgan fingerprint density at radius 3 is 2.67 bits per heavy atom. The van der Waals surface area contributed by atoms with Gasteiger partial charge in [-0.3, -0.25) is 4.79 Å². The van der Waals surface area contributed by atoms with E-state index in [1.54, 1.807) is 11.3 Å². The minimum atomic E-state index is 0.0541. The Labute approximate surface area is 130 Å². The zero-order chi connectivity index (χ0) is 15.4. The molecule has 21 heavy (non-hydrogen) atoms. The number of carbonyl (C=O) groups excluding carboxylic acids is 1. The Morgan fingerprint density at radius 2 is 2.05 bits per heavy atom. The molecule has 0 fully saturated rings. The fourth-order valence-electron chi connectivity index (χ4n) is 3.39. The van der Waals surface area contributed by atoms with Crippen molar-refractivity contribution in [1.29, 1.82) is 0 Å². The summed E-state index contributed by atoms with van der Waals surface area (Å²) in [7, 11) is 0. The molecule has 2 heterocycles. The second kappa shape index (κ2) is 4.80. The van der Waals surface area contributed by atoms with E-state index in [-0.39, 0.29) is 17.2 Å². The van der Waals surface area contributed by atoms with Crippen LogP contribution in [0, 0.1) is 19.3 Å². The maximum absolute atomic E-state index is 12.3. The van der Waals surface area contributed by atoms with Crippen LogP contribution in [0.4, 0.5) is 0 Å². The van der Waals surface area contributed by atoms with Crippen LogP contribution in [0.25, 0.3) is 0 Å². The molecule has 0 aliphatic heterocycles. The topological polar surface area (TPSA) is 34.9 Å². The Hall–Kier alpha value is -1.42. The predicted octanol–water partition coefficient (Wildman–Crippen LogP) is 4.33. The number of nitrogens with zero attached hydrogens (tertiary/aromatic N) is 2. The maximum atomic E-state index is 12.3. The summed E-state index contributed by atoms with van der Waals surface area (Å²) < 4.78 is 2.27. The van der Waals surface area contributed by atoms with Crippen molar-refractivity contribution in [2.24, 2.45) is 5.41 Å². The highest BCUT2D eigenvalue weighted by Crippen LogP contribution is 2.38. The molecule has 3 rings (SSSR count). The Bertz CT molecular complexity index is 708. The molecule has 112 valence electrons. The first kappa shape index (κ1) is 14.5. The second-order valence-corrected chi connectivity index (χ2v) is 8.12. The molecule has 1 atom stereocenters. The van der Waals surface area contributed by atoms with E-state index in [1.807, 2.05) is 13.0 Å². The number of aryl methyl sites for hydroxylation is 2. The summed E-state index contributed by atoms with van der Waals surface area (Å²) in [5, 5.41) is 1.10. The van der Waals surface area contributed by atoms with Gasteiger partial charge in [-0.05, 0) is 38.7 Å². The third-order valence-electron chi connectivity index (χ3n) is 4.35. The van der Waals surface area contributed by atoms with E-state index in [0.29, 0.717) is 6.42 Å². The molecule has 1 unspecified atom stereocenters. The maximum Gasteiger partial charge on any atom is 0.165 e. The average Bonchev–Trinajstić information content (AvgIpc) is 2.90. The molecule has 0 radical (unpaired) electrons. The highest BCUT2D eigenvalue weighted by atomic mass is 32.1. The van der Waals surface area contributed by atoms with E-state index in [9.17, 15) is 4.79 Å². The molecule has 1 aliphatic carbocycles. The third kappa shape index (κ3) is 2.46. The SMILES string of the molecule is Cc1nc(C)c(C(C)n2ccc3c2CC(C)(C)CC3=O)s1. The number of hydrogen-bond acceptors (Lipinski definition) is 3. The number of ketones is 1. The monoisotopic (exact) mass is 302 g/mol. The van der Waals surface area contributed by atoms with E-state index in [1.165, 1.54) is 10.6 Å². The normalized spacial score (nSPS) is 18.6. The molecule has 0 aromatic carbocycles. The van der Waals surface area contributed by atoms with E-state index in [4.69, 9.17) is 0 Å². The number of carbonyl (C=O) groups is 1. The number of hydrogen-bond donors (Lipinski definition) is 0. The van der Waals surface area contributed by atoms with E-state index in [0.717, 1.165) is 22.7 Å². The van der Waals surface area contributed by atoms with Crippen LogP contribution in [0.15, 0.2) is 12.3 Å². The van der Waals surface area contributed by atoms with Gasteiger partial charge >= 0.3 is 0 Å². The van der Waals surface area contributed by atoms with Crippen LogP contribution in [0.3, 0.4) is 0 Å². The minimum absolute atomic E-state index is 0.0541. The van der Waals surface area contributed by atoms with Crippen LogP contribution in [0.2, 0.25) is 0 Å². The fourth-order valence-corrected chi connectivity index (χ4v) is 4.37. The van der Waals surface area contributed by atoms with Gasteiger partial charge in [-0.25, -0.2) is 4.98 Å². The molecule has 0 amide bonds. The van der Waals surface area contributed by atoms with Crippen molar-refractivity contribution >= 4 is 17.1 Å². The molecule has 1 aliphatic rings. The molecular weight excluding hydrogens is 280 g/mol. The largest absolute Gasteiger partial charge is 0.343 e. The summed E-state index contributed by atoms with van der Waals surface area (Å²) in [6.45, 7) is 10.7. The van der Waals surface area contributed by atoms with E-state index in [2.05, 4.69) is 43.4 Å². The van der Waals surface area contributed by atoms with Crippen LogP contribution in [-0.2, 0) is 6.42 Å². The van der Waals surface area contributed by atoms with Gasteiger partial charge in [-0.15, -0.1) is 11.3 Å². The van der Waals surface area contributed by atoms with Gasteiger partial charge in [0, 0.05) is 23.9 Å². The molecule has 2 aromatic rings. The van der Waals surface area contributed by atoms with Crippen LogP contribution in [0.1, 0.15) is 64.9 Å². The van der Waals surface area contributed by atoms with Gasteiger partial charge in [0.1, 0.15) is 0 Å². The second-order valence-electron chi connectivity index (χ2n) is 6.88. The standard InChI is InChI=1S/C17H22N2OS/c1-10-16(21-12(3)18-10)11(2)19-7-6-13-14(19)8-17(4,5)9-15(13)20/h6-7,11H,8-9H2,1-5H3. The Kier molecular flexibility index (Phi) is 3.32. The number of fused-ring (bicyclic) bond motifs is 1. The number of rotatable bonds is 2. The molecule has 0 spiro atoms. The van der Waals surface area contributed by atoms with Crippen LogP contribution >= 0.6 is 11.3 Å². The average molecular weight is 302 g/mol. The highest BCUT2D eigenvalue weighted by molar-refractivity contribution is 7.11. The van der Waals surface area contributed by atoms with Gasteiger partial charge in [0.25, 0.3) is 0 Å². The van der Waals surface area contributed by atoms with Crippen molar-refractivity contribution in [3.8, 4) is 0 Å².